The third kappa shape index (κ3) is 3.16. The van der Waals surface area contributed by atoms with Gasteiger partial charge in [-0.25, -0.2) is 8.78 Å². The molecule has 2 aromatic rings. The fourth-order valence-corrected chi connectivity index (χ4v) is 3.08. The summed E-state index contributed by atoms with van der Waals surface area (Å²) in [5.74, 6) is -0.545. The van der Waals surface area contributed by atoms with Crippen molar-refractivity contribution in [2.24, 2.45) is 0 Å². The van der Waals surface area contributed by atoms with Gasteiger partial charge in [0.1, 0.15) is 11.6 Å². The smallest absolute Gasteiger partial charge is 0.142 e. The van der Waals surface area contributed by atoms with Crippen LogP contribution in [0, 0.1) is 11.6 Å². The van der Waals surface area contributed by atoms with Crippen molar-refractivity contribution in [3.63, 3.8) is 0 Å². The Morgan fingerprint density at radius 2 is 1.67 bits per heavy atom. The summed E-state index contributed by atoms with van der Waals surface area (Å²) in [5.41, 5.74) is 1.13. The van der Waals surface area contributed by atoms with E-state index in [1.54, 1.807) is 31.3 Å². The number of hydrogen-bond donors (Lipinski definition) is 1. The number of halogens is 3. The Labute approximate surface area is 132 Å². The first kappa shape index (κ1) is 16.1. The molecule has 0 aliphatic rings. The second-order valence-electron chi connectivity index (χ2n) is 5.59. The zero-order chi connectivity index (χ0) is 15.6. The van der Waals surface area contributed by atoms with Gasteiger partial charge in [-0.05, 0) is 46.7 Å². The molecule has 0 aliphatic carbocycles. The molecular formula is C17H18BrF2N. The largest absolute Gasteiger partial charge is 0.312 e. The lowest BCUT2D eigenvalue weighted by Gasteiger charge is -2.35. The van der Waals surface area contributed by atoms with Gasteiger partial charge < -0.3 is 5.32 Å². The lowest BCUT2D eigenvalue weighted by molar-refractivity contribution is 0.356. The lowest BCUT2D eigenvalue weighted by atomic mass is 9.75. The number of rotatable bonds is 4. The summed E-state index contributed by atoms with van der Waals surface area (Å²) in [6, 6.07) is 11.4. The van der Waals surface area contributed by atoms with Crippen molar-refractivity contribution < 1.29 is 8.78 Å². The van der Waals surface area contributed by atoms with Crippen molar-refractivity contribution in [3.05, 3.63) is 69.7 Å². The highest BCUT2D eigenvalue weighted by molar-refractivity contribution is 9.10. The maximum atomic E-state index is 14.4. The van der Waals surface area contributed by atoms with Crippen LogP contribution in [0.3, 0.4) is 0 Å². The van der Waals surface area contributed by atoms with E-state index in [1.807, 2.05) is 19.9 Å². The Hall–Kier alpha value is -1.26. The molecule has 0 radical (unpaired) electrons. The average molecular weight is 354 g/mol. The first-order valence-corrected chi connectivity index (χ1v) is 7.54. The fraction of sp³-hybridized carbons (Fsp3) is 0.294. The summed E-state index contributed by atoms with van der Waals surface area (Å²) in [6.07, 6.45) is 0. The molecule has 112 valence electrons. The maximum absolute atomic E-state index is 14.4. The van der Waals surface area contributed by atoms with Crippen LogP contribution in [0.4, 0.5) is 8.78 Å². The molecule has 2 rings (SSSR count). The molecule has 1 N–H and O–H groups in total. The van der Waals surface area contributed by atoms with E-state index in [0.717, 1.165) is 5.56 Å². The normalized spacial score (nSPS) is 13.2. The predicted molar refractivity (Wildman–Crippen MR) is 85.3 cm³/mol. The van der Waals surface area contributed by atoms with Crippen LogP contribution in [0.15, 0.2) is 46.9 Å². The second-order valence-corrected chi connectivity index (χ2v) is 6.45. The Morgan fingerprint density at radius 1 is 1.05 bits per heavy atom. The quantitative estimate of drug-likeness (QED) is 0.818. The zero-order valence-electron chi connectivity index (χ0n) is 12.3. The van der Waals surface area contributed by atoms with Gasteiger partial charge in [-0.2, -0.15) is 0 Å². The van der Waals surface area contributed by atoms with Crippen molar-refractivity contribution in [1.82, 2.24) is 5.32 Å². The molecule has 0 amide bonds. The molecule has 1 unspecified atom stereocenters. The molecule has 4 heteroatoms. The van der Waals surface area contributed by atoms with Crippen LogP contribution in [0.5, 0.6) is 0 Å². The monoisotopic (exact) mass is 353 g/mol. The van der Waals surface area contributed by atoms with Crippen molar-refractivity contribution >= 4 is 15.9 Å². The second kappa shape index (κ2) is 6.24. The summed E-state index contributed by atoms with van der Waals surface area (Å²) < 4.78 is 28.0. The summed E-state index contributed by atoms with van der Waals surface area (Å²) in [4.78, 5) is 0. The third-order valence-corrected chi connectivity index (χ3v) is 4.50. The molecule has 0 saturated heterocycles. The Balaban J connectivity index is 2.48. The first-order valence-electron chi connectivity index (χ1n) is 6.75. The standard InChI is InChI=1S/C17H18BrF2N/c1-17(2,11-7-9-12(19)10-8-11)16(21-3)13-5-4-6-14(18)15(13)20/h4-10,16,21H,1-3H3. The molecular weight excluding hydrogens is 336 g/mol. The van der Waals surface area contributed by atoms with Crippen LogP contribution in [-0.4, -0.2) is 7.05 Å². The summed E-state index contributed by atoms with van der Waals surface area (Å²) in [5, 5.41) is 3.19. The van der Waals surface area contributed by atoms with E-state index in [0.29, 0.717) is 10.0 Å². The molecule has 0 spiro atoms. The van der Waals surface area contributed by atoms with Gasteiger partial charge >= 0.3 is 0 Å². The molecule has 21 heavy (non-hydrogen) atoms. The van der Waals surface area contributed by atoms with E-state index >= 15 is 0 Å². The van der Waals surface area contributed by atoms with Crippen LogP contribution in [0.25, 0.3) is 0 Å². The van der Waals surface area contributed by atoms with Crippen LogP contribution < -0.4 is 5.32 Å². The highest BCUT2D eigenvalue weighted by atomic mass is 79.9. The van der Waals surface area contributed by atoms with Crippen molar-refractivity contribution in [1.29, 1.82) is 0 Å². The van der Waals surface area contributed by atoms with Crippen molar-refractivity contribution in [2.45, 2.75) is 25.3 Å². The van der Waals surface area contributed by atoms with E-state index in [4.69, 9.17) is 0 Å². The first-order chi connectivity index (χ1) is 9.87. The summed E-state index contributed by atoms with van der Waals surface area (Å²) in [6.45, 7) is 4.03. The molecule has 0 aromatic heterocycles. The number of likely N-dealkylation sites (N-methyl/N-ethyl adjacent to an activating group) is 1. The molecule has 0 fully saturated rings. The Kier molecular flexibility index (Phi) is 4.79. The minimum atomic E-state index is -0.399. The Bertz CT molecular complexity index is 623. The zero-order valence-corrected chi connectivity index (χ0v) is 13.8. The molecule has 1 nitrogen and oxygen atoms in total. The van der Waals surface area contributed by atoms with E-state index in [-0.39, 0.29) is 17.7 Å². The van der Waals surface area contributed by atoms with Crippen molar-refractivity contribution in [3.8, 4) is 0 Å². The van der Waals surface area contributed by atoms with Gasteiger partial charge in [-0.15, -0.1) is 0 Å². The van der Waals surface area contributed by atoms with Gasteiger partial charge in [0.25, 0.3) is 0 Å². The predicted octanol–water partition coefficient (Wildman–Crippen LogP) is 4.97. The molecule has 1 atom stereocenters. The highest BCUT2D eigenvalue weighted by Gasteiger charge is 2.33. The maximum Gasteiger partial charge on any atom is 0.142 e. The van der Waals surface area contributed by atoms with Gasteiger partial charge in [0, 0.05) is 17.0 Å². The Morgan fingerprint density at radius 3 is 2.24 bits per heavy atom. The van der Waals surface area contributed by atoms with Crippen LogP contribution in [-0.2, 0) is 5.41 Å². The van der Waals surface area contributed by atoms with Gasteiger partial charge in [0.05, 0.1) is 4.47 Å². The fourth-order valence-electron chi connectivity index (χ4n) is 2.69. The number of benzene rings is 2. The molecule has 2 aromatic carbocycles. The minimum absolute atomic E-state index is 0.236. The van der Waals surface area contributed by atoms with Crippen LogP contribution >= 0.6 is 15.9 Å². The van der Waals surface area contributed by atoms with E-state index in [1.165, 1.54) is 12.1 Å². The SMILES string of the molecule is CNC(c1cccc(Br)c1F)C(C)(C)c1ccc(F)cc1. The minimum Gasteiger partial charge on any atom is -0.312 e. The van der Waals surface area contributed by atoms with E-state index in [2.05, 4.69) is 21.2 Å². The molecule has 0 bridgehead atoms. The van der Waals surface area contributed by atoms with Crippen molar-refractivity contribution in [2.75, 3.05) is 7.05 Å². The highest BCUT2D eigenvalue weighted by Crippen LogP contribution is 2.38. The van der Waals surface area contributed by atoms with Crippen LogP contribution in [0.2, 0.25) is 0 Å². The lowest BCUT2D eigenvalue weighted by Crippen LogP contribution is -2.36. The summed E-state index contributed by atoms with van der Waals surface area (Å²) >= 11 is 3.22. The van der Waals surface area contributed by atoms with Crippen LogP contribution in [0.1, 0.15) is 31.0 Å². The van der Waals surface area contributed by atoms with E-state index in [9.17, 15) is 8.78 Å². The van der Waals surface area contributed by atoms with Gasteiger partial charge in [-0.3, -0.25) is 0 Å². The van der Waals surface area contributed by atoms with Gasteiger partial charge in [-0.1, -0.05) is 38.1 Å². The average Bonchev–Trinajstić information content (AvgIpc) is 2.44. The van der Waals surface area contributed by atoms with E-state index < -0.39 is 5.41 Å². The summed E-state index contributed by atoms with van der Waals surface area (Å²) in [7, 11) is 1.80. The number of nitrogens with one attached hydrogen (secondary N) is 1. The van der Waals surface area contributed by atoms with Gasteiger partial charge in [0.15, 0.2) is 0 Å². The third-order valence-electron chi connectivity index (χ3n) is 3.89. The molecule has 0 aliphatic heterocycles. The molecule has 0 heterocycles. The topological polar surface area (TPSA) is 12.0 Å². The number of hydrogen-bond acceptors (Lipinski definition) is 1. The molecule has 0 saturated carbocycles. The van der Waals surface area contributed by atoms with Gasteiger partial charge in [0.2, 0.25) is 0 Å².